The average molecular weight is 299 g/mol. The van der Waals surface area contributed by atoms with Crippen LogP contribution in [-0.4, -0.2) is 27.5 Å². The van der Waals surface area contributed by atoms with Crippen LogP contribution in [0.25, 0.3) is 0 Å². The zero-order valence-corrected chi connectivity index (χ0v) is 12.6. The van der Waals surface area contributed by atoms with E-state index in [1.54, 1.807) is 6.92 Å². The molecule has 0 spiro atoms. The van der Waals surface area contributed by atoms with Gasteiger partial charge in [0.15, 0.2) is 0 Å². The minimum Gasteiger partial charge on any atom is -0.348 e. The lowest BCUT2D eigenvalue weighted by molar-refractivity contribution is -0.385. The van der Waals surface area contributed by atoms with E-state index in [1.165, 1.54) is 6.42 Å². The Morgan fingerprint density at radius 2 is 2.00 bits per heavy atom. The maximum Gasteiger partial charge on any atom is 0.332 e. The Hall–Kier alpha value is -1.43. The Labute approximate surface area is 123 Å². The molecule has 0 N–H and O–H groups in total. The normalized spacial score (nSPS) is 16.1. The molecule has 0 amide bonds. The first-order valence-electron chi connectivity index (χ1n) is 6.99. The van der Waals surface area contributed by atoms with Crippen molar-refractivity contribution in [2.75, 3.05) is 11.4 Å². The second-order valence-corrected chi connectivity index (χ2v) is 5.42. The van der Waals surface area contributed by atoms with Gasteiger partial charge in [-0.25, -0.2) is 4.98 Å². The third-order valence-electron chi connectivity index (χ3n) is 3.82. The molecule has 1 heterocycles. The van der Waals surface area contributed by atoms with Gasteiger partial charge in [0.2, 0.25) is 11.1 Å². The van der Waals surface area contributed by atoms with E-state index in [1.807, 2.05) is 11.8 Å². The summed E-state index contributed by atoms with van der Waals surface area (Å²) < 4.78 is 0. The van der Waals surface area contributed by atoms with Crippen LogP contribution in [0.4, 0.5) is 11.5 Å². The number of anilines is 1. The lowest BCUT2D eigenvalue weighted by Crippen LogP contribution is -2.38. The van der Waals surface area contributed by atoms with Crippen LogP contribution in [0.5, 0.6) is 0 Å². The lowest BCUT2D eigenvalue weighted by Gasteiger charge is -2.34. The first kappa shape index (κ1) is 15.0. The minimum absolute atomic E-state index is 0.0261. The highest BCUT2D eigenvalue weighted by atomic mass is 35.5. The molecule has 0 bridgehead atoms. The number of aryl methyl sites for hydroxylation is 1. The number of nitrogens with zero attached hydrogens (tertiary/aromatic N) is 4. The Morgan fingerprint density at radius 3 is 2.55 bits per heavy atom. The predicted octanol–water partition coefficient (Wildman–Crippen LogP) is 3.51. The van der Waals surface area contributed by atoms with E-state index in [4.69, 9.17) is 11.6 Å². The molecule has 0 radical (unpaired) electrons. The van der Waals surface area contributed by atoms with Crippen LogP contribution in [0.2, 0.25) is 5.28 Å². The summed E-state index contributed by atoms with van der Waals surface area (Å²) in [6, 6.07) is 0.304. The number of aromatic nitrogens is 2. The zero-order chi connectivity index (χ0) is 14.7. The highest BCUT2D eigenvalue weighted by Crippen LogP contribution is 2.34. The van der Waals surface area contributed by atoms with Gasteiger partial charge in [0.25, 0.3) is 0 Å². The van der Waals surface area contributed by atoms with E-state index in [0.29, 0.717) is 24.1 Å². The summed E-state index contributed by atoms with van der Waals surface area (Å²) in [5, 5.41) is 11.4. The van der Waals surface area contributed by atoms with Crippen molar-refractivity contribution in [2.24, 2.45) is 0 Å². The topological polar surface area (TPSA) is 72.2 Å². The number of nitro groups is 1. The number of hydrogen-bond donors (Lipinski definition) is 0. The van der Waals surface area contributed by atoms with Gasteiger partial charge in [-0.3, -0.25) is 10.1 Å². The van der Waals surface area contributed by atoms with E-state index >= 15 is 0 Å². The molecule has 0 aliphatic heterocycles. The first-order valence-corrected chi connectivity index (χ1v) is 7.37. The third-order valence-corrected chi connectivity index (χ3v) is 3.99. The molecule has 1 aromatic rings. The van der Waals surface area contributed by atoms with Crippen molar-refractivity contribution in [1.82, 2.24) is 9.97 Å². The van der Waals surface area contributed by atoms with Crippen LogP contribution in [0, 0.1) is 17.0 Å². The Balaban J connectivity index is 2.44. The highest BCUT2D eigenvalue weighted by Gasteiger charge is 2.30. The molecule has 20 heavy (non-hydrogen) atoms. The maximum atomic E-state index is 11.3. The molecule has 1 aromatic heterocycles. The summed E-state index contributed by atoms with van der Waals surface area (Å²) in [5.41, 5.74) is 0.293. The second kappa shape index (κ2) is 6.35. The molecular formula is C13H19ClN4O2. The molecule has 1 saturated carbocycles. The van der Waals surface area contributed by atoms with Crippen molar-refractivity contribution in [1.29, 1.82) is 0 Å². The first-order chi connectivity index (χ1) is 9.54. The highest BCUT2D eigenvalue weighted by molar-refractivity contribution is 6.28. The average Bonchev–Trinajstić information content (AvgIpc) is 2.39. The molecule has 7 heteroatoms. The maximum absolute atomic E-state index is 11.3. The summed E-state index contributed by atoms with van der Waals surface area (Å²) in [6.07, 6.45) is 5.65. The molecule has 1 aliphatic carbocycles. The zero-order valence-electron chi connectivity index (χ0n) is 11.8. The molecular weight excluding hydrogens is 280 g/mol. The Bertz CT molecular complexity index is 503. The third kappa shape index (κ3) is 3.00. The molecule has 6 nitrogen and oxygen atoms in total. The van der Waals surface area contributed by atoms with Gasteiger partial charge in [-0.15, -0.1) is 0 Å². The molecule has 1 fully saturated rings. The molecule has 0 saturated heterocycles. The summed E-state index contributed by atoms with van der Waals surface area (Å²) in [4.78, 5) is 21.0. The van der Waals surface area contributed by atoms with Crippen LogP contribution < -0.4 is 4.90 Å². The summed E-state index contributed by atoms with van der Waals surface area (Å²) in [6.45, 7) is 4.27. The quantitative estimate of drug-likeness (QED) is 0.483. The van der Waals surface area contributed by atoms with E-state index in [-0.39, 0.29) is 11.0 Å². The lowest BCUT2D eigenvalue weighted by atomic mass is 9.94. The van der Waals surface area contributed by atoms with Crippen molar-refractivity contribution in [3.8, 4) is 0 Å². The summed E-state index contributed by atoms with van der Waals surface area (Å²) >= 11 is 5.90. The van der Waals surface area contributed by atoms with Gasteiger partial charge in [0.05, 0.1) is 4.92 Å². The molecule has 0 atom stereocenters. The fourth-order valence-corrected chi connectivity index (χ4v) is 3.11. The van der Waals surface area contributed by atoms with E-state index in [2.05, 4.69) is 9.97 Å². The van der Waals surface area contributed by atoms with E-state index < -0.39 is 4.92 Å². The SMILES string of the molecule is CCN(c1nc(Cl)nc(C)c1[N+](=O)[O-])C1CCCCC1. The molecule has 0 aromatic carbocycles. The monoisotopic (exact) mass is 298 g/mol. The minimum atomic E-state index is -0.410. The van der Waals surface area contributed by atoms with Crippen molar-refractivity contribution in [3.63, 3.8) is 0 Å². The van der Waals surface area contributed by atoms with Gasteiger partial charge in [0.1, 0.15) is 5.69 Å². The van der Waals surface area contributed by atoms with Crippen LogP contribution in [0.1, 0.15) is 44.7 Å². The molecule has 0 unspecified atom stereocenters. The van der Waals surface area contributed by atoms with Gasteiger partial charge < -0.3 is 4.90 Å². The van der Waals surface area contributed by atoms with Crippen LogP contribution in [0.15, 0.2) is 0 Å². The van der Waals surface area contributed by atoms with Crippen molar-refractivity contribution >= 4 is 23.1 Å². The molecule has 110 valence electrons. The second-order valence-electron chi connectivity index (χ2n) is 5.09. The molecule has 2 rings (SSSR count). The fourth-order valence-electron chi connectivity index (χ4n) is 2.91. The van der Waals surface area contributed by atoms with Gasteiger partial charge in [-0.2, -0.15) is 4.98 Å². The van der Waals surface area contributed by atoms with Crippen molar-refractivity contribution in [2.45, 2.75) is 52.0 Å². The largest absolute Gasteiger partial charge is 0.348 e. The molecule has 1 aliphatic rings. The van der Waals surface area contributed by atoms with Crippen LogP contribution >= 0.6 is 11.6 Å². The predicted molar refractivity (Wildman–Crippen MR) is 78.3 cm³/mol. The summed E-state index contributed by atoms with van der Waals surface area (Å²) in [7, 11) is 0. The van der Waals surface area contributed by atoms with E-state index in [9.17, 15) is 10.1 Å². The fraction of sp³-hybridized carbons (Fsp3) is 0.692. The van der Waals surface area contributed by atoms with Gasteiger partial charge in [0, 0.05) is 12.6 Å². The summed E-state index contributed by atoms with van der Waals surface area (Å²) in [5.74, 6) is 0.363. The number of rotatable bonds is 4. The van der Waals surface area contributed by atoms with E-state index in [0.717, 1.165) is 25.7 Å². The van der Waals surface area contributed by atoms with Crippen molar-refractivity contribution < 1.29 is 4.92 Å². The standard InChI is InChI=1S/C13H19ClN4O2/c1-3-17(10-7-5-4-6-8-10)12-11(18(19)20)9(2)15-13(14)16-12/h10H,3-8H2,1-2H3. The van der Waals surface area contributed by atoms with Crippen LogP contribution in [-0.2, 0) is 0 Å². The smallest absolute Gasteiger partial charge is 0.332 e. The Morgan fingerprint density at radius 1 is 1.35 bits per heavy atom. The number of hydrogen-bond acceptors (Lipinski definition) is 5. The Kier molecular flexibility index (Phi) is 4.75. The van der Waals surface area contributed by atoms with Crippen LogP contribution in [0.3, 0.4) is 0 Å². The number of halogens is 1. The van der Waals surface area contributed by atoms with Gasteiger partial charge in [-0.1, -0.05) is 19.3 Å². The van der Waals surface area contributed by atoms with Gasteiger partial charge >= 0.3 is 5.69 Å². The van der Waals surface area contributed by atoms with Crippen molar-refractivity contribution in [3.05, 3.63) is 21.1 Å². The van der Waals surface area contributed by atoms with Gasteiger partial charge in [-0.05, 0) is 38.3 Å².